The van der Waals surface area contributed by atoms with E-state index in [2.05, 4.69) is 4.90 Å². The SMILES string of the molecule is Cc1cc(N2CCOCC2CO)c([C@@H](C)N)cc1F. The van der Waals surface area contributed by atoms with E-state index in [1.807, 2.05) is 13.0 Å². The maximum Gasteiger partial charge on any atom is 0.126 e. The monoisotopic (exact) mass is 268 g/mol. The van der Waals surface area contributed by atoms with Gasteiger partial charge < -0.3 is 20.5 Å². The number of hydrogen-bond donors (Lipinski definition) is 2. The van der Waals surface area contributed by atoms with Crippen LogP contribution in [0.25, 0.3) is 0 Å². The van der Waals surface area contributed by atoms with Crippen LogP contribution in [0, 0.1) is 12.7 Å². The van der Waals surface area contributed by atoms with Crippen LogP contribution in [0.5, 0.6) is 0 Å². The topological polar surface area (TPSA) is 58.7 Å². The third kappa shape index (κ3) is 2.88. The van der Waals surface area contributed by atoms with Gasteiger partial charge in [0, 0.05) is 18.3 Å². The number of rotatable bonds is 3. The Labute approximate surface area is 113 Å². The normalized spacial score (nSPS) is 21.5. The molecule has 1 saturated heterocycles. The van der Waals surface area contributed by atoms with Crippen LogP contribution in [0.3, 0.4) is 0 Å². The first kappa shape index (κ1) is 14.2. The van der Waals surface area contributed by atoms with Gasteiger partial charge in [0.25, 0.3) is 0 Å². The zero-order chi connectivity index (χ0) is 14.0. The smallest absolute Gasteiger partial charge is 0.126 e. The average Bonchev–Trinajstić information content (AvgIpc) is 2.41. The summed E-state index contributed by atoms with van der Waals surface area (Å²) in [6.45, 7) is 5.33. The number of aliphatic hydroxyl groups is 1. The first-order chi connectivity index (χ1) is 9.04. The summed E-state index contributed by atoms with van der Waals surface area (Å²) in [7, 11) is 0. The van der Waals surface area contributed by atoms with Crippen molar-refractivity contribution in [1.82, 2.24) is 0 Å². The van der Waals surface area contributed by atoms with Gasteiger partial charge in [-0.25, -0.2) is 4.39 Å². The first-order valence-corrected chi connectivity index (χ1v) is 6.55. The molecule has 1 aromatic rings. The van der Waals surface area contributed by atoms with Crippen LogP contribution in [0.1, 0.15) is 24.1 Å². The summed E-state index contributed by atoms with van der Waals surface area (Å²) in [5.41, 5.74) is 8.19. The molecule has 1 fully saturated rings. The van der Waals surface area contributed by atoms with Crippen molar-refractivity contribution in [2.45, 2.75) is 25.9 Å². The lowest BCUT2D eigenvalue weighted by Crippen LogP contribution is -2.48. The molecule has 1 aliphatic heterocycles. The lowest BCUT2D eigenvalue weighted by atomic mass is 10.0. The molecule has 0 amide bonds. The summed E-state index contributed by atoms with van der Waals surface area (Å²) < 4.78 is 19.1. The second kappa shape index (κ2) is 5.86. The molecule has 2 atom stereocenters. The number of morpholine rings is 1. The Bertz CT molecular complexity index is 451. The van der Waals surface area contributed by atoms with Crippen LogP contribution in [0.15, 0.2) is 12.1 Å². The van der Waals surface area contributed by atoms with Crippen LogP contribution in [0.2, 0.25) is 0 Å². The Morgan fingerprint density at radius 2 is 2.32 bits per heavy atom. The summed E-state index contributed by atoms with van der Waals surface area (Å²) in [5.74, 6) is -0.246. The molecule has 1 aliphatic rings. The van der Waals surface area contributed by atoms with E-state index in [-0.39, 0.29) is 24.5 Å². The Kier molecular flexibility index (Phi) is 4.39. The van der Waals surface area contributed by atoms with Gasteiger partial charge in [-0.1, -0.05) is 0 Å². The predicted molar refractivity (Wildman–Crippen MR) is 72.8 cm³/mol. The molecule has 1 aromatic carbocycles. The number of aliphatic hydroxyl groups excluding tert-OH is 1. The highest BCUT2D eigenvalue weighted by molar-refractivity contribution is 5.58. The lowest BCUT2D eigenvalue weighted by Gasteiger charge is -2.38. The fraction of sp³-hybridized carbons (Fsp3) is 0.571. The second-order valence-corrected chi connectivity index (χ2v) is 5.05. The molecule has 0 aromatic heterocycles. The minimum Gasteiger partial charge on any atom is -0.394 e. The van der Waals surface area contributed by atoms with Crippen molar-refractivity contribution >= 4 is 5.69 Å². The highest BCUT2D eigenvalue weighted by Crippen LogP contribution is 2.30. The highest BCUT2D eigenvalue weighted by atomic mass is 19.1. The second-order valence-electron chi connectivity index (χ2n) is 5.05. The van der Waals surface area contributed by atoms with Gasteiger partial charge in [0.1, 0.15) is 5.82 Å². The van der Waals surface area contributed by atoms with Crippen molar-refractivity contribution in [3.63, 3.8) is 0 Å². The van der Waals surface area contributed by atoms with E-state index in [1.165, 1.54) is 6.07 Å². The number of anilines is 1. The van der Waals surface area contributed by atoms with Crippen molar-refractivity contribution in [3.8, 4) is 0 Å². The van der Waals surface area contributed by atoms with E-state index in [4.69, 9.17) is 10.5 Å². The van der Waals surface area contributed by atoms with Gasteiger partial charge in [0.05, 0.1) is 25.9 Å². The summed E-state index contributed by atoms with van der Waals surface area (Å²) in [6.07, 6.45) is 0. The number of hydrogen-bond acceptors (Lipinski definition) is 4. The van der Waals surface area contributed by atoms with Crippen LogP contribution >= 0.6 is 0 Å². The van der Waals surface area contributed by atoms with E-state index < -0.39 is 0 Å². The van der Waals surface area contributed by atoms with Crippen molar-refractivity contribution in [1.29, 1.82) is 0 Å². The molecule has 0 aliphatic carbocycles. The Hall–Kier alpha value is -1.17. The fourth-order valence-corrected chi connectivity index (χ4v) is 2.42. The Morgan fingerprint density at radius 1 is 1.58 bits per heavy atom. The van der Waals surface area contributed by atoms with Crippen molar-refractivity contribution in [2.24, 2.45) is 5.73 Å². The van der Waals surface area contributed by atoms with Crippen molar-refractivity contribution in [3.05, 3.63) is 29.1 Å². The number of benzene rings is 1. The average molecular weight is 268 g/mol. The van der Waals surface area contributed by atoms with E-state index in [0.29, 0.717) is 25.3 Å². The van der Waals surface area contributed by atoms with Crippen LogP contribution < -0.4 is 10.6 Å². The van der Waals surface area contributed by atoms with Gasteiger partial charge in [-0.05, 0) is 37.1 Å². The maximum atomic E-state index is 13.7. The summed E-state index contributed by atoms with van der Waals surface area (Å²) in [4.78, 5) is 2.06. The molecule has 0 radical (unpaired) electrons. The van der Waals surface area contributed by atoms with Gasteiger partial charge in [0.2, 0.25) is 0 Å². The van der Waals surface area contributed by atoms with Crippen molar-refractivity contribution < 1.29 is 14.2 Å². The number of halogens is 1. The zero-order valence-corrected chi connectivity index (χ0v) is 11.4. The summed E-state index contributed by atoms with van der Waals surface area (Å²) >= 11 is 0. The quantitative estimate of drug-likeness (QED) is 0.869. The van der Waals surface area contributed by atoms with Crippen LogP contribution in [-0.4, -0.2) is 37.5 Å². The highest BCUT2D eigenvalue weighted by Gasteiger charge is 2.26. The number of ether oxygens (including phenoxy) is 1. The van der Waals surface area contributed by atoms with E-state index in [1.54, 1.807) is 6.92 Å². The molecule has 4 nitrogen and oxygen atoms in total. The molecule has 0 spiro atoms. The zero-order valence-electron chi connectivity index (χ0n) is 11.4. The number of aryl methyl sites for hydroxylation is 1. The number of nitrogens with two attached hydrogens (primary N) is 1. The Morgan fingerprint density at radius 3 is 2.95 bits per heavy atom. The minimum absolute atomic E-state index is 0.00875. The van der Waals surface area contributed by atoms with E-state index >= 15 is 0 Å². The van der Waals surface area contributed by atoms with Crippen LogP contribution in [0.4, 0.5) is 10.1 Å². The summed E-state index contributed by atoms with van der Waals surface area (Å²) in [5, 5.41) is 9.45. The van der Waals surface area contributed by atoms with E-state index in [0.717, 1.165) is 11.3 Å². The van der Waals surface area contributed by atoms with E-state index in [9.17, 15) is 9.50 Å². The molecule has 1 unspecified atom stereocenters. The molecule has 19 heavy (non-hydrogen) atoms. The molecule has 3 N–H and O–H groups in total. The molecule has 106 valence electrons. The number of nitrogens with zero attached hydrogens (tertiary/aromatic N) is 1. The van der Waals surface area contributed by atoms with Gasteiger partial charge >= 0.3 is 0 Å². The molecule has 1 heterocycles. The third-order valence-electron chi connectivity index (χ3n) is 3.55. The predicted octanol–water partition coefficient (Wildman–Crippen LogP) is 1.35. The van der Waals surface area contributed by atoms with Gasteiger partial charge in [-0.15, -0.1) is 0 Å². The largest absolute Gasteiger partial charge is 0.394 e. The first-order valence-electron chi connectivity index (χ1n) is 6.55. The molecule has 2 rings (SSSR count). The molecular weight excluding hydrogens is 247 g/mol. The van der Waals surface area contributed by atoms with Crippen molar-refractivity contribution in [2.75, 3.05) is 31.3 Å². The summed E-state index contributed by atoms with van der Waals surface area (Å²) in [6, 6.07) is 2.95. The fourth-order valence-electron chi connectivity index (χ4n) is 2.42. The Balaban J connectivity index is 2.44. The van der Waals surface area contributed by atoms with Gasteiger partial charge in [-0.3, -0.25) is 0 Å². The maximum absolute atomic E-state index is 13.7. The molecule has 5 heteroatoms. The van der Waals surface area contributed by atoms with Gasteiger partial charge in [-0.2, -0.15) is 0 Å². The molecule has 0 saturated carbocycles. The molecular formula is C14H21FN2O2. The minimum atomic E-state index is -0.257. The lowest BCUT2D eigenvalue weighted by molar-refractivity contribution is 0.0726. The third-order valence-corrected chi connectivity index (χ3v) is 3.55. The van der Waals surface area contributed by atoms with Gasteiger partial charge in [0.15, 0.2) is 0 Å². The van der Waals surface area contributed by atoms with Crippen LogP contribution in [-0.2, 0) is 4.74 Å². The molecule has 0 bridgehead atoms. The standard InChI is InChI=1S/C14H21FN2O2/c1-9-5-14(12(10(2)16)6-13(9)15)17-3-4-19-8-11(17)7-18/h5-6,10-11,18H,3-4,7-8,16H2,1-2H3/t10-,11?/m1/s1.